The third-order valence-electron chi connectivity index (χ3n) is 3.52. The Hall–Kier alpha value is -3.66. The van der Waals surface area contributed by atoms with E-state index in [0.717, 1.165) is 6.07 Å². The molecule has 31 heavy (non-hydrogen) atoms. The summed E-state index contributed by atoms with van der Waals surface area (Å²) >= 11 is 5.90. The molecule has 2 rings (SSSR count). The van der Waals surface area contributed by atoms with Crippen molar-refractivity contribution < 1.29 is 28.8 Å². The molecule has 0 saturated heterocycles. The Kier molecular flexibility index (Phi) is 7.54. The summed E-state index contributed by atoms with van der Waals surface area (Å²) in [6.45, 7) is 4.54. The van der Waals surface area contributed by atoms with Crippen molar-refractivity contribution in [3.05, 3.63) is 63.2 Å². The van der Waals surface area contributed by atoms with E-state index in [-0.39, 0.29) is 22.0 Å². The molecule has 0 radical (unpaired) electrons. The van der Waals surface area contributed by atoms with Gasteiger partial charge >= 0.3 is 12.1 Å². The number of amides is 2. The van der Waals surface area contributed by atoms with E-state index in [4.69, 9.17) is 21.1 Å². The van der Waals surface area contributed by atoms with Crippen LogP contribution >= 0.6 is 11.6 Å². The van der Waals surface area contributed by atoms with Crippen molar-refractivity contribution in [2.45, 2.75) is 26.4 Å². The molecular weight excluding hydrogens is 430 g/mol. The first kappa shape index (κ1) is 23.6. The van der Waals surface area contributed by atoms with Crippen LogP contribution in [0.1, 0.15) is 31.1 Å². The number of benzene rings is 2. The van der Waals surface area contributed by atoms with Gasteiger partial charge in [-0.2, -0.15) is 0 Å². The number of carbonyl (C=O) groups is 3. The largest absolute Gasteiger partial charge is 0.452 e. The highest BCUT2D eigenvalue weighted by Crippen LogP contribution is 2.26. The Morgan fingerprint density at radius 3 is 2.42 bits per heavy atom. The van der Waals surface area contributed by atoms with Crippen LogP contribution in [0.3, 0.4) is 0 Å². The minimum atomic E-state index is -0.794. The highest BCUT2D eigenvalue weighted by molar-refractivity contribution is 6.34. The molecule has 164 valence electrons. The van der Waals surface area contributed by atoms with E-state index in [2.05, 4.69) is 10.6 Å². The lowest BCUT2D eigenvalue weighted by Gasteiger charge is -2.19. The fourth-order valence-corrected chi connectivity index (χ4v) is 2.49. The van der Waals surface area contributed by atoms with Gasteiger partial charge in [0, 0.05) is 17.8 Å². The fraction of sp³-hybridized carbons (Fsp3) is 0.250. The zero-order valence-corrected chi connectivity index (χ0v) is 17.7. The predicted molar refractivity (Wildman–Crippen MR) is 113 cm³/mol. The second kappa shape index (κ2) is 9.90. The van der Waals surface area contributed by atoms with Crippen molar-refractivity contribution in [3.63, 3.8) is 0 Å². The van der Waals surface area contributed by atoms with Gasteiger partial charge in [-0.1, -0.05) is 17.7 Å². The van der Waals surface area contributed by atoms with Gasteiger partial charge in [-0.3, -0.25) is 20.2 Å². The molecular formula is C20H20ClN3O7. The van der Waals surface area contributed by atoms with E-state index >= 15 is 0 Å². The summed E-state index contributed by atoms with van der Waals surface area (Å²) in [5, 5.41) is 15.6. The highest BCUT2D eigenvalue weighted by atomic mass is 35.5. The summed E-state index contributed by atoms with van der Waals surface area (Å²) in [6.07, 6.45) is -0.683. The van der Waals surface area contributed by atoms with Gasteiger partial charge in [0.25, 0.3) is 11.6 Å². The molecule has 0 aliphatic rings. The normalized spacial score (nSPS) is 10.7. The van der Waals surface area contributed by atoms with Gasteiger partial charge in [0.1, 0.15) is 5.60 Å². The molecule has 10 nitrogen and oxygen atoms in total. The first-order valence-corrected chi connectivity index (χ1v) is 9.33. The lowest BCUT2D eigenvalue weighted by atomic mass is 10.2. The number of rotatable bonds is 6. The number of carbonyl (C=O) groups excluding carboxylic acids is 3. The zero-order chi connectivity index (χ0) is 23.2. The molecule has 2 aromatic rings. The third-order valence-corrected chi connectivity index (χ3v) is 3.83. The average Bonchev–Trinajstić information content (AvgIpc) is 2.66. The van der Waals surface area contributed by atoms with Crippen molar-refractivity contribution in [1.82, 2.24) is 0 Å². The highest BCUT2D eigenvalue weighted by Gasteiger charge is 2.17. The summed E-state index contributed by atoms with van der Waals surface area (Å²) in [5.41, 5.74) is -0.354. The van der Waals surface area contributed by atoms with Gasteiger partial charge in [-0.05, 0) is 45.0 Å². The Labute approximate surface area is 182 Å². The maximum atomic E-state index is 12.2. The van der Waals surface area contributed by atoms with Crippen molar-refractivity contribution >= 4 is 46.6 Å². The van der Waals surface area contributed by atoms with Crippen molar-refractivity contribution in [3.8, 4) is 0 Å². The Morgan fingerprint density at radius 1 is 1.10 bits per heavy atom. The Morgan fingerprint density at radius 2 is 1.81 bits per heavy atom. The molecule has 0 heterocycles. The van der Waals surface area contributed by atoms with Gasteiger partial charge in [0.05, 0.1) is 21.2 Å². The van der Waals surface area contributed by atoms with E-state index in [1.54, 1.807) is 26.8 Å². The second-order valence-electron chi connectivity index (χ2n) is 7.25. The zero-order valence-electron chi connectivity index (χ0n) is 16.9. The number of nitrogens with zero attached hydrogens (tertiary/aromatic N) is 1. The summed E-state index contributed by atoms with van der Waals surface area (Å²) < 4.78 is 10.1. The molecule has 0 saturated carbocycles. The minimum Gasteiger partial charge on any atom is -0.452 e. The first-order valence-electron chi connectivity index (χ1n) is 8.95. The van der Waals surface area contributed by atoms with Crippen LogP contribution in [-0.4, -0.2) is 35.1 Å². The maximum absolute atomic E-state index is 12.2. The Bertz CT molecular complexity index is 1020. The molecule has 0 bridgehead atoms. The van der Waals surface area contributed by atoms with Gasteiger partial charge in [0.15, 0.2) is 6.61 Å². The number of ether oxygens (including phenoxy) is 2. The van der Waals surface area contributed by atoms with E-state index in [1.165, 1.54) is 30.3 Å². The monoisotopic (exact) mass is 449 g/mol. The molecule has 0 aliphatic heterocycles. The second-order valence-corrected chi connectivity index (χ2v) is 7.66. The van der Waals surface area contributed by atoms with Crippen molar-refractivity contribution in [2.24, 2.45) is 0 Å². The third kappa shape index (κ3) is 7.59. The smallest absolute Gasteiger partial charge is 0.412 e. The van der Waals surface area contributed by atoms with Crippen molar-refractivity contribution in [2.75, 3.05) is 17.2 Å². The molecule has 0 fully saturated rings. The molecule has 2 aromatic carbocycles. The topological polar surface area (TPSA) is 137 Å². The number of halogens is 1. The lowest BCUT2D eigenvalue weighted by molar-refractivity contribution is -0.384. The first-order chi connectivity index (χ1) is 14.4. The molecule has 2 N–H and O–H groups in total. The number of nitro benzene ring substituents is 1. The molecule has 2 amide bonds. The number of anilines is 2. The van der Waals surface area contributed by atoms with Gasteiger partial charge in [-0.25, -0.2) is 9.59 Å². The number of non-ortho nitro benzene ring substituents is 1. The van der Waals surface area contributed by atoms with Crippen LogP contribution in [0.5, 0.6) is 0 Å². The fourth-order valence-electron chi connectivity index (χ4n) is 2.27. The Balaban J connectivity index is 1.93. The van der Waals surface area contributed by atoms with E-state index in [1.807, 2.05) is 0 Å². The molecule has 0 aromatic heterocycles. The van der Waals surface area contributed by atoms with Gasteiger partial charge in [-0.15, -0.1) is 0 Å². The molecule has 11 heteroatoms. The van der Waals surface area contributed by atoms with Crippen LogP contribution in [0.2, 0.25) is 5.02 Å². The van der Waals surface area contributed by atoms with Gasteiger partial charge in [0.2, 0.25) is 0 Å². The van der Waals surface area contributed by atoms with Crippen molar-refractivity contribution in [1.29, 1.82) is 0 Å². The maximum Gasteiger partial charge on any atom is 0.412 e. The van der Waals surface area contributed by atoms with Crippen LogP contribution in [0.15, 0.2) is 42.5 Å². The summed E-state index contributed by atoms with van der Waals surface area (Å²) in [5.74, 6) is -1.48. The van der Waals surface area contributed by atoms with Crippen LogP contribution in [-0.2, 0) is 14.3 Å². The number of esters is 1. The average molecular weight is 450 g/mol. The number of nitro groups is 1. The van der Waals surface area contributed by atoms with Crippen LogP contribution in [0, 0.1) is 10.1 Å². The lowest BCUT2D eigenvalue weighted by Crippen LogP contribution is -2.27. The molecule has 0 spiro atoms. The van der Waals surface area contributed by atoms with E-state index in [0.29, 0.717) is 5.69 Å². The summed E-state index contributed by atoms with van der Waals surface area (Å²) in [6, 6.07) is 9.45. The molecule has 0 unspecified atom stereocenters. The summed E-state index contributed by atoms with van der Waals surface area (Å²) in [7, 11) is 0. The van der Waals surface area contributed by atoms with Crippen LogP contribution in [0.25, 0.3) is 0 Å². The summed E-state index contributed by atoms with van der Waals surface area (Å²) in [4.78, 5) is 46.1. The number of nitrogens with one attached hydrogen (secondary N) is 2. The molecule has 0 atom stereocenters. The standard InChI is InChI=1S/C20H20ClN3O7/c1-20(2,3)31-19(27)22-13-6-4-5-12(9-13)18(26)30-11-17(25)23-16-8-7-14(24(28)29)10-15(16)21/h4-10H,11H2,1-3H3,(H,22,27)(H,23,25). The van der Waals surface area contributed by atoms with Crippen LogP contribution < -0.4 is 10.6 Å². The van der Waals surface area contributed by atoms with E-state index in [9.17, 15) is 24.5 Å². The van der Waals surface area contributed by atoms with Crippen LogP contribution in [0.4, 0.5) is 21.9 Å². The minimum absolute atomic E-state index is 0.0326. The quantitative estimate of drug-likeness (QED) is 0.379. The SMILES string of the molecule is CC(C)(C)OC(=O)Nc1cccc(C(=O)OCC(=O)Nc2ccc([N+](=O)[O-])cc2Cl)c1. The molecule has 0 aliphatic carbocycles. The van der Waals surface area contributed by atoms with Gasteiger partial charge < -0.3 is 14.8 Å². The van der Waals surface area contributed by atoms with E-state index < -0.39 is 35.1 Å². The number of hydrogen-bond donors (Lipinski definition) is 2. The predicted octanol–water partition coefficient (Wildman–Crippen LogP) is 4.39. The number of hydrogen-bond acceptors (Lipinski definition) is 7.